The third-order valence-corrected chi connectivity index (χ3v) is 5.57. The number of hydrogen-bond acceptors (Lipinski definition) is 5. The molecule has 1 N–H and O–H groups in total. The van der Waals surface area contributed by atoms with Gasteiger partial charge < -0.3 is 15.0 Å². The fourth-order valence-corrected chi connectivity index (χ4v) is 3.79. The lowest BCUT2D eigenvalue weighted by Crippen LogP contribution is -2.45. The molecule has 0 unspecified atom stereocenters. The van der Waals surface area contributed by atoms with Gasteiger partial charge in [-0.2, -0.15) is 0 Å². The van der Waals surface area contributed by atoms with Crippen molar-refractivity contribution in [3.8, 4) is 0 Å². The zero-order chi connectivity index (χ0) is 23.0. The minimum absolute atomic E-state index is 0.196. The van der Waals surface area contributed by atoms with Crippen LogP contribution in [0.5, 0.6) is 0 Å². The molecular weight excluding hydrogens is 421 g/mol. The second kappa shape index (κ2) is 10.7. The van der Waals surface area contributed by atoms with Crippen molar-refractivity contribution in [3.63, 3.8) is 0 Å². The molecule has 0 aromatic heterocycles. The van der Waals surface area contributed by atoms with Crippen LogP contribution in [-0.4, -0.2) is 49.6 Å². The smallest absolute Gasteiger partial charge is 0.341 e. The van der Waals surface area contributed by atoms with E-state index in [0.717, 1.165) is 38.4 Å². The van der Waals surface area contributed by atoms with Crippen LogP contribution in [0.1, 0.15) is 15.9 Å². The van der Waals surface area contributed by atoms with Crippen molar-refractivity contribution in [2.24, 2.45) is 0 Å². The van der Waals surface area contributed by atoms with E-state index in [4.69, 9.17) is 4.74 Å². The predicted octanol–water partition coefficient (Wildman–Crippen LogP) is 3.94. The molecular formula is C26H26FN3O3. The fraction of sp³-hybridized carbons (Fsp3) is 0.231. The van der Waals surface area contributed by atoms with Crippen LogP contribution in [0.25, 0.3) is 0 Å². The maximum Gasteiger partial charge on any atom is 0.341 e. The fourth-order valence-electron chi connectivity index (χ4n) is 3.79. The molecule has 0 spiro atoms. The Labute approximate surface area is 192 Å². The van der Waals surface area contributed by atoms with Gasteiger partial charge in [-0.3, -0.25) is 9.69 Å². The Hall–Kier alpha value is -3.71. The second-order valence-corrected chi connectivity index (χ2v) is 7.90. The minimum Gasteiger partial charge on any atom is -0.452 e. The Morgan fingerprint density at radius 3 is 2.21 bits per heavy atom. The minimum atomic E-state index is -0.870. The molecule has 4 rings (SSSR count). The number of carbonyl (C=O) groups excluding carboxylic acids is 2. The van der Waals surface area contributed by atoms with Gasteiger partial charge in [0.05, 0.1) is 5.56 Å². The SMILES string of the molecule is O=C(COC(=O)c1ccccc1F)Nc1ccc(N2CCN(Cc3ccccc3)CC2)cc1. The van der Waals surface area contributed by atoms with Crippen LogP contribution in [-0.2, 0) is 16.1 Å². The van der Waals surface area contributed by atoms with Gasteiger partial charge in [-0.25, -0.2) is 9.18 Å². The summed E-state index contributed by atoms with van der Waals surface area (Å²) in [5, 5.41) is 2.69. The molecule has 0 aliphatic carbocycles. The lowest BCUT2D eigenvalue weighted by Gasteiger charge is -2.36. The number of halogens is 1. The Balaban J connectivity index is 1.22. The summed E-state index contributed by atoms with van der Waals surface area (Å²) >= 11 is 0. The molecule has 3 aromatic rings. The summed E-state index contributed by atoms with van der Waals surface area (Å²) in [6.45, 7) is 4.32. The summed E-state index contributed by atoms with van der Waals surface area (Å²) in [4.78, 5) is 28.8. The van der Waals surface area contributed by atoms with Crippen molar-refractivity contribution in [2.45, 2.75) is 6.54 Å². The summed E-state index contributed by atoms with van der Waals surface area (Å²) in [6.07, 6.45) is 0. The molecule has 6 nitrogen and oxygen atoms in total. The molecule has 0 radical (unpaired) electrons. The first-order chi connectivity index (χ1) is 16.1. The van der Waals surface area contributed by atoms with E-state index in [1.807, 2.05) is 30.3 Å². The number of benzene rings is 3. The normalized spacial score (nSPS) is 14.0. The number of piperazine rings is 1. The van der Waals surface area contributed by atoms with E-state index in [2.05, 4.69) is 39.4 Å². The standard InChI is InChI=1S/C26H26FN3O3/c27-24-9-5-4-8-23(24)26(32)33-19-25(31)28-21-10-12-22(13-11-21)30-16-14-29(15-17-30)18-20-6-2-1-3-7-20/h1-13H,14-19H2,(H,28,31). The zero-order valence-electron chi connectivity index (χ0n) is 18.2. The number of amides is 1. The monoisotopic (exact) mass is 447 g/mol. The van der Waals surface area contributed by atoms with Crippen molar-refractivity contribution in [1.82, 2.24) is 4.90 Å². The van der Waals surface area contributed by atoms with Crippen LogP contribution in [0.2, 0.25) is 0 Å². The van der Waals surface area contributed by atoms with Gasteiger partial charge in [-0.15, -0.1) is 0 Å². The van der Waals surface area contributed by atoms with Crippen molar-refractivity contribution in [2.75, 3.05) is 43.0 Å². The van der Waals surface area contributed by atoms with Gasteiger partial charge in [0.15, 0.2) is 6.61 Å². The van der Waals surface area contributed by atoms with E-state index in [0.29, 0.717) is 5.69 Å². The average molecular weight is 448 g/mol. The van der Waals surface area contributed by atoms with Crippen LogP contribution in [0, 0.1) is 5.82 Å². The van der Waals surface area contributed by atoms with Crippen LogP contribution < -0.4 is 10.2 Å². The van der Waals surface area contributed by atoms with Gasteiger partial charge in [0.1, 0.15) is 5.82 Å². The van der Waals surface area contributed by atoms with Crippen molar-refractivity contribution in [1.29, 1.82) is 0 Å². The van der Waals surface area contributed by atoms with Crippen LogP contribution in [0.3, 0.4) is 0 Å². The maximum atomic E-state index is 13.6. The van der Waals surface area contributed by atoms with Crippen molar-refractivity contribution < 1.29 is 18.7 Å². The van der Waals surface area contributed by atoms with Crippen LogP contribution in [0.4, 0.5) is 15.8 Å². The molecule has 1 fully saturated rings. The highest BCUT2D eigenvalue weighted by Gasteiger charge is 2.18. The van der Waals surface area contributed by atoms with Gasteiger partial charge in [0.2, 0.25) is 0 Å². The quantitative estimate of drug-likeness (QED) is 0.556. The highest BCUT2D eigenvalue weighted by Crippen LogP contribution is 2.20. The van der Waals surface area contributed by atoms with Gasteiger partial charge in [-0.05, 0) is 42.0 Å². The number of nitrogens with zero attached hydrogens (tertiary/aromatic N) is 2. The highest BCUT2D eigenvalue weighted by atomic mass is 19.1. The summed E-state index contributed by atoms with van der Waals surface area (Å²) < 4.78 is 18.5. The van der Waals surface area contributed by atoms with Crippen LogP contribution >= 0.6 is 0 Å². The Kier molecular flexibility index (Phi) is 7.32. The average Bonchev–Trinajstić information content (AvgIpc) is 2.84. The number of rotatable bonds is 7. The first-order valence-corrected chi connectivity index (χ1v) is 10.9. The lowest BCUT2D eigenvalue weighted by molar-refractivity contribution is -0.119. The van der Waals surface area contributed by atoms with Crippen molar-refractivity contribution in [3.05, 3.63) is 95.8 Å². The molecule has 3 aromatic carbocycles. The summed E-state index contributed by atoms with van der Waals surface area (Å²) in [7, 11) is 0. The van der Waals surface area contributed by atoms with E-state index in [1.54, 1.807) is 0 Å². The van der Waals surface area contributed by atoms with E-state index in [1.165, 1.54) is 29.8 Å². The number of hydrogen-bond donors (Lipinski definition) is 1. The molecule has 1 saturated heterocycles. The third kappa shape index (κ3) is 6.17. The molecule has 33 heavy (non-hydrogen) atoms. The van der Waals surface area contributed by atoms with Gasteiger partial charge >= 0.3 is 5.97 Å². The number of anilines is 2. The first-order valence-electron chi connectivity index (χ1n) is 10.9. The maximum absolute atomic E-state index is 13.6. The Morgan fingerprint density at radius 1 is 0.848 bits per heavy atom. The lowest BCUT2D eigenvalue weighted by atomic mass is 10.2. The number of esters is 1. The second-order valence-electron chi connectivity index (χ2n) is 7.90. The molecule has 1 aliphatic heterocycles. The van der Waals surface area contributed by atoms with Gasteiger partial charge in [-0.1, -0.05) is 42.5 Å². The Morgan fingerprint density at radius 2 is 1.52 bits per heavy atom. The van der Waals surface area contributed by atoms with Crippen LogP contribution in [0.15, 0.2) is 78.9 Å². The summed E-state index contributed by atoms with van der Waals surface area (Å²) in [6, 6.07) is 23.5. The molecule has 0 saturated carbocycles. The first kappa shape index (κ1) is 22.5. The van der Waals surface area contributed by atoms with E-state index < -0.39 is 24.3 Å². The molecule has 7 heteroatoms. The largest absolute Gasteiger partial charge is 0.452 e. The Bertz CT molecular complexity index is 1080. The predicted molar refractivity (Wildman–Crippen MR) is 126 cm³/mol. The molecule has 0 atom stereocenters. The molecule has 1 aliphatic rings. The number of ether oxygens (including phenoxy) is 1. The third-order valence-electron chi connectivity index (χ3n) is 5.57. The molecule has 170 valence electrons. The molecule has 0 bridgehead atoms. The molecule has 1 amide bonds. The summed E-state index contributed by atoms with van der Waals surface area (Å²) in [5.41, 5.74) is 2.83. The highest BCUT2D eigenvalue weighted by molar-refractivity contribution is 5.95. The molecule has 1 heterocycles. The van der Waals surface area contributed by atoms with E-state index in [-0.39, 0.29) is 5.56 Å². The zero-order valence-corrected chi connectivity index (χ0v) is 18.2. The topological polar surface area (TPSA) is 61.9 Å². The van der Waals surface area contributed by atoms with E-state index >= 15 is 0 Å². The number of nitrogens with one attached hydrogen (secondary N) is 1. The van der Waals surface area contributed by atoms with Crippen molar-refractivity contribution >= 4 is 23.3 Å². The van der Waals surface area contributed by atoms with E-state index in [9.17, 15) is 14.0 Å². The summed E-state index contributed by atoms with van der Waals surface area (Å²) in [5.74, 6) is -2.04. The number of carbonyl (C=O) groups is 2. The van der Waals surface area contributed by atoms with Gasteiger partial charge in [0, 0.05) is 44.1 Å². The van der Waals surface area contributed by atoms with Gasteiger partial charge in [0.25, 0.3) is 5.91 Å².